The molecule has 0 saturated carbocycles. The van der Waals surface area contributed by atoms with Crippen LogP contribution in [0.25, 0.3) is 0 Å². The van der Waals surface area contributed by atoms with E-state index >= 15 is 0 Å². The monoisotopic (exact) mass is 324 g/mol. The first-order chi connectivity index (χ1) is 11.7. The van der Waals surface area contributed by atoms with E-state index in [1.165, 1.54) is 5.56 Å². The zero-order chi connectivity index (χ0) is 17.2. The maximum atomic E-state index is 12.4. The Bertz CT molecular complexity index is 598. The summed E-state index contributed by atoms with van der Waals surface area (Å²) in [5.41, 5.74) is 2.37. The highest BCUT2D eigenvalue weighted by Crippen LogP contribution is 2.18. The standard InChI is InChI=1S/C21H28N2O/c1-3-4-15-23(2)17-21(24)22-20(19-13-9-6-10-14-19)16-18-11-7-5-8-12-18/h5-14,20H,3-4,15-17H2,1-2H3,(H,22,24)/t20-/m1/s1. The van der Waals surface area contributed by atoms with Crippen molar-refractivity contribution in [3.8, 4) is 0 Å². The van der Waals surface area contributed by atoms with E-state index in [0.29, 0.717) is 6.54 Å². The molecule has 0 bridgehead atoms. The van der Waals surface area contributed by atoms with Gasteiger partial charge in [0.05, 0.1) is 12.6 Å². The topological polar surface area (TPSA) is 32.3 Å². The molecule has 0 aliphatic rings. The van der Waals surface area contributed by atoms with E-state index in [1.54, 1.807) is 0 Å². The van der Waals surface area contributed by atoms with Crippen LogP contribution < -0.4 is 5.32 Å². The van der Waals surface area contributed by atoms with Gasteiger partial charge >= 0.3 is 0 Å². The second kappa shape index (κ2) is 9.89. The van der Waals surface area contributed by atoms with Crippen molar-refractivity contribution in [3.05, 3.63) is 71.8 Å². The van der Waals surface area contributed by atoms with E-state index in [2.05, 4.69) is 41.4 Å². The lowest BCUT2D eigenvalue weighted by atomic mass is 9.99. The van der Waals surface area contributed by atoms with Crippen LogP contribution in [0.15, 0.2) is 60.7 Å². The zero-order valence-corrected chi connectivity index (χ0v) is 14.7. The SMILES string of the molecule is CCCCN(C)CC(=O)N[C@H](Cc1ccccc1)c1ccccc1. The number of amides is 1. The van der Waals surface area contributed by atoms with Gasteiger partial charge in [0.2, 0.25) is 5.91 Å². The van der Waals surface area contributed by atoms with Crippen molar-refractivity contribution in [1.82, 2.24) is 10.2 Å². The molecule has 1 N–H and O–H groups in total. The molecular weight excluding hydrogens is 296 g/mol. The third-order valence-electron chi connectivity index (χ3n) is 4.13. The van der Waals surface area contributed by atoms with Gasteiger partial charge in [0.25, 0.3) is 0 Å². The average Bonchev–Trinajstić information content (AvgIpc) is 2.61. The summed E-state index contributed by atoms with van der Waals surface area (Å²) in [6.45, 7) is 3.57. The molecule has 0 spiro atoms. The number of hydrogen-bond donors (Lipinski definition) is 1. The molecule has 0 heterocycles. The first kappa shape index (κ1) is 18.2. The maximum Gasteiger partial charge on any atom is 0.234 e. The summed E-state index contributed by atoms with van der Waals surface area (Å²) < 4.78 is 0. The Kier molecular flexibility index (Phi) is 7.50. The number of hydrogen-bond acceptors (Lipinski definition) is 2. The van der Waals surface area contributed by atoms with Crippen molar-refractivity contribution in [2.75, 3.05) is 20.1 Å². The van der Waals surface area contributed by atoms with Crippen LogP contribution in [0.3, 0.4) is 0 Å². The number of nitrogens with zero attached hydrogens (tertiary/aromatic N) is 1. The Hall–Kier alpha value is -2.13. The van der Waals surface area contributed by atoms with E-state index in [9.17, 15) is 4.79 Å². The Morgan fingerprint density at radius 1 is 1.04 bits per heavy atom. The summed E-state index contributed by atoms with van der Waals surface area (Å²) in [6.07, 6.45) is 3.07. The molecule has 1 amide bonds. The zero-order valence-electron chi connectivity index (χ0n) is 14.7. The second-order valence-electron chi connectivity index (χ2n) is 6.31. The highest BCUT2D eigenvalue weighted by Gasteiger charge is 2.16. The molecule has 0 aliphatic heterocycles. The molecule has 1 atom stereocenters. The van der Waals surface area contributed by atoms with Gasteiger partial charge < -0.3 is 5.32 Å². The van der Waals surface area contributed by atoms with E-state index < -0.39 is 0 Å². The summed E-state index contributed by atoms with van der Waals surface area (Å²) in [6, 6.07) is 20.5. The summed E-state index contributed by atoms with van der Waals surface area (Å²) in [5, 5.41) is 3.21. The molecule has 0 radical (unpaired) electrons. The van der Waals surface area contributed by atoms with Gasteiger partial charge in [0, 0.05) is 0 Å². The molecule has 2 aromatic carbocycles. The van der Waals surface area contributed by atoms with Crippen molar-refractivity contribution < 1.29 is 4.79 Å². The molecule has 2 rings (SSSR count). The van der Waals surface area contributed by atoms with Crippen LogP contribution >= 0.6 is 0 Å². The van der Waals surface area contributed by atoms with Crippen molar-refractivity contribution in [1.29, 1.82) is 0 Å². The van der Waals surface area contributed by atoms with Gasteiger partial charge in [-0.15, -0.1) is 0 Å². The van der Waals surface area contributed by atoms with Gasteiger partial charge in [-0.25, -0.2) is 0 Å². The molecule has 0 aliphatic carbocycles. The molecule has 128 valence electrons. The third kappa shape index (κ3) is 6.17. The van der Waals surface area contributed by atoms with Gasteiger partial charge in [-0.1, -0.05) is 74.0 Å². The summed E-state index contributed by atoms with van der Waals surface area (Å²) in [4.78, 5) is 14.5. The van der Waals surface area contributed by atoms with Gasteiger partial charge in [0.15, 0.2) is 0 Å². The highest BCUT2D eigenvalue weighted by molar-refractivity contribution is 5.78. The lowest BCUT2D eigenvalue weighted by Gasteiger charge is -2.22. The fraction of sp³-hybridized carbons (Fsp3) is 0.381. The molecule has 24 heavy (non-hydrogen) atoms. The lowest BCUT2D eigenvalue weighted by Crippen LogP contribution is -2.38. The summed E-state index contributed by atoms with van der Waals surface area (Å²) in [7, 11) is 2.00. The lowest BCUT2D eigenvalue weighted by molar-refractivity contribution is -0.122. The number of rotatable bonds is 9. The predicted octanol–water partition coefficient (Wildman–Crippen LogP) is 3.82. The van der Waals surface area contributed by atoms with Crippen LogP contribution in [-0.2, 0) is 11.2 Å². The minimum Gasteiger partial charge on any atom is -0.348 e. The average molecular weight is 324 g/mol. The van der Waals surface area contributed by atoms with Crippen LogP contribution in [0.5, 0.6) is 0 Å². The van der Waals surface area contributed by atoms with Gasteiger partial charge in [-0.05, 0) is 37.6 Å². The first-order valence-corrected chi connectivity index (χ1v) is 8.75. The summed E-state index contributed by atoms with van der Waals surface area (Å²) >= 11 is 0. The number of carbonyl (C=O) groups is 1. The molecular formula is C21H28N2O. The third-order valence-corrected chi connectivity index (χ3v) is 4.13. The Balaban J connectivity index is 2.02. The Morgan fingerprint density at radius 2 is 1.67 bits per heavy atom. The minimum atomic E-state index is 0.000625. The van der Waals surface area contributed by atoms with Crippen molar-refractivity contribution in [2.24, 2.45) is 0 Å². The molecule has 0 saturated heterocycles. The number of nitrogens with one attached hydrogen (secondary N) is 1. The fourth-order valence-electron chi connectivity index (χ4n) is 2.78. The predicted molar refractivity (Wildman–Crippen MR) is 99.9 cm³/mol. The fourth-order valence-corrected chi connectivity index (χ4v) is 2.78. The molecule has 3 nitrogen and oxygen atoms in total. The van der Waals surface area contributed by atoms with Crippen molar-refractivity contribution >= 4 is 5.91 Å². The normalized spacial score (nSPS) is 12.1. The van der Waals surface area contributed by atoms with Gasteiger partial charge in [-0.3, -0.25) is 9.69 Å². The van der Waals surface area contributed by atoms with Gasteiger partial charge in [-0.2, -0.15) is 0 Å². The van der Waals surface area contributed by atoms with Crippen LogP contribution in [0, 0.1) is 0 Å². The largest absolute Gasteiger partial charge is 0.348 e. The molecule has 2 aromatic rings. The molecule has 0 unspecified atom stereocenters. The molecule has 0 aromatic heterocycles. The number of unbranched alkanes of at least 4 members (excludes halogenated alkanes) is 1. The molecule has 3 heteroatoms. The maximum absolute atomic E-state index is 12.4. The number of carbonyl (C=O) groups excluding carboxylic acids is 1. The van der Waals surface area contributed by atoms with Crippen LogP contribution in [-0.4, -0.2) is 30.9 Å². The number of benzene rings is 2. The quantitative estimate of drug-likeness (QED) is 0.760. The van der Waals surface area contributed by atoms with E-state index in [0.717, 1.165) is 31.4 Å². The Labute approximate surface area is 145 Å². The summed E-state index contributed by atoms with van der Waals surface area (Å²) in [5.74, 6) is 0.0818. The van der Waals surface area contributed by atoms with E-state index in [1.807, 2.05) is 43.4 Å². The Morgan fingerprint density at radius 3 is 2.29 bits per heavy atom. The smallest absolute Gasteiger partial charge is 0.234 e. The van der Waals surface area contributed by atoms with Crippen LogP contribution in [0.1, 0.15) is 36.9 Å². The molecule has 0 fully saturated rings. The van der Waals surface area contributed by atoms with E-state index in [-0.39, 0.29) is 11.9 Å². The first-order valence-electron chi connectivity index (χ1n) is 8.75. The highest BCUT2D eigenvalue weighted by atomic mass is 16.2. The van der Waals surface area contributed by atoms with Crippen molar-refractivity contribution in [3.63, 3.8) is 0 Å². The second-order valence-corrected chi connectivity index (χ2v) is 6.31. The number of likely N-dealkylation sites (N-methyl/N-ethyl adjacent to an activating group) is 1. The van der Waals surface area contributed by atoms with Crippen molar-refractivity contribution in [2.45, 2.75) is 32.2 Å². The van der Waals surface area contributed by atoms with Crippen LogP contribution in [0.2, 0.25) is 0 Å². The van der Waals surface area contributed by atoms with Gasteiger partial charge in [0.1, 0.15) is 0 Å². The van der Waals surface area contributed by atoms with E-state index in [4.69, 9.17) is 0 Å². The minimum absolute atomic E-state index is 0.000625. The van der Waals surface area contributed by atoms with Crippen LogP contribution in [0.4, 0.5) is 0 Å².